The first-order valence-electron chi connectivity index (χ1n) is 5.92. The molecule has 1 rings (SSSR count). The zero-order valence-corrected chi connectivity index (χ0v) is 11.8. The van der Waals surface area contributed by atoms with Crippen LogP contribution in [0, 0.1) is 5.92 Å². The average molecular weight is 276 g/mol. The van der Waals surface area contributed by atoms with Crippen molar-refractivity contribution in [3.8, 4) is 5.75 Å². The third-order valence-corrected chi connectivity index (χ3v) is 2.88. The van der Waals surface area contributed by atoms with Crippen molar-refractivity contribution in [2.24, 2.45) is 5.92 Å². The molecule has 17 heavy (non-hydrogen) atoms. The number of halogens is 2. The molecule has 0 amide bonds. The van der Waals surface area contributed by atoms with E-state index in [9.17, 15) is 0 Å². The third kappa shape index (κ3) is 5.62. The largest absolute Gasteiger partial charge is 0.492 e. The van der Waals surface area contributed by atoms with Crippen molar-refractivity contribution in [1.82, 2.24) is 5.32 Å². The first kappa shape index (κ1) is 14.6. The lowest BCUT2D eigenvalue weighted by molar-refractivity contribution is 0.256. The molecule has 96 valence electrons. The standard InChI is InChI=1S/C13H19Cl2NO/c1-3-6-16-8-10(2)9-17-13-7-11(14)4-5-12(13)15/h4-5,7,10,16H,3,6,8-9H2,1-2H3. The highest BCUT2D eigenvalue weighted by atomic mass is 35.5. The van der Waals surface area contributed by atoms with Crippen LogP contribution in [0.2, 0.25) is 10.0 Å². The van der Waals surface area contributed by atoms with Gasteiger partial charge in [-0.1, -0.05) is 37.0 Å². The molecule has 1 N–H and O–H groups in total. The molecule has 1 atom stereocenters. The van der Waals surface area contributed by atoms with E-state index in [1.54, 1.807) is 18.2 Å². The summed E-state index contributed by atoms with van der Waals surface area (Å²) in [6.45, 7) is 6.92. The molecule has 1 aromatic rings. The van der Waals surface area contributed by atoms with Crippen LogP contribution >= 0.6 is 23.2 Å². The van der Waals surface area contributed by atoms with Crippen molar-refractivity contribution >= 4 is 23.2 Å². The summed E-state index contributed by atoms with van der Waals surface area (Å²) in [6.07, 6.45) is 1.15. The lowest BCUT2D eigenvalue weighted by atomic mass is 10.2. The monoisotopic (exact) mass is 275 g/mol. The molecule has 0 fully saturated rings. The summed E-state index contributed by atoms with van der Waals surface area (Å²) < 4.78 is 5.65. The van der Waals surface area contributed by atoms with Crippen LogP contribution in [0.3, 0.4) is 0 Å². The Balaban J connectivity index is 2.36. The summed E-state index contributed by atoms with van der Waals surface area (Å²) in [5, 5.41) is 4.60. The molecule has 0 saturated heterocycles. The van der Waals surface area contributed by atoms with E-state index >= 15 is 0 Å². The van der Waals surface area contributed by atoms with Crippen molar-refractivity contribution in [2.75, 3.05) is 19.7 Å². The fourth-order valence-corrected chi connectivity index (χ4v) is 1.74. The number of ether oxygens (including phenoxy) is 1. The van der Waals surface area contributed by atoms with Gasteiger partial charge in [-0.25, -0.2) is 0 Å². The minimum atomic E-state index is 0.441. The van der Waals surface area contributed by atoms with Gasteiger partial charge in [0.2, 0.25) is 0 Å². The van der Waals surface area contributed by atoms with Gasteiger partial charge in [0.15, 0.2) is 0 Å². The Kier molecular flexibility index (Phi) is 6.71. The van der Waals surface area contributed by atoms with Gasteiger partial charge in [0.1, 0.15) is 5.75 Å². The van der Waals surface area contributed by atoms with Gasteiger partial charge in [-0.2, -0.15) is 0 Å². The third-order valence-electron chi connectivity index (χ3n) is 2.34. The van der Waals surface area contributed by atoms with Crippen molar-refractivity contribution in [3.63, 3.8) is 0 Å². The molecule has 2 nitrogen and oxygen atoms in total. The molecule has 4 heteroatoms. The van der Waals surface area contributed by atoms with Crippen molar-refractivity contribution in [3.05, 3.63) is 28.2 Å². The van der Waals surface area contributed by atoms with Gasteiger partial charge in [-0.05, 0) is 25.1 Å². The topological polar surface area (TPSA) is 21.3 Å². The van der Waals surface area contributed by atoms with Crippen LogP contribution in [0.5, 0.6) is 5.75 Å². The summed E-state index contributed by atoms with van der Waals surface area (Å²) in [7, 11) is 0. The molecule has 1 aromatic carbocycles. The Hall–Kier alpha value is -0.440. The summed E-state index contributed by atoms with van der Waals surface area (Å²) in [5.74, 6) is 1.10. The van der Waals surface area contributed by atoms with E-state index in [4.69, 9.17) is 27.9 Å². The van der Waals surface area contributed by atoms with Crippen molar-refractivity contribution in [1.29, 1.82) is 0 Å². The fourth-order valence-electron chi connectivity index (χ4n) is 1.40. The molecule has 1 unspecified atom stereocenters. The normalized spacial score (nSPS) is 12.5. The van der Waals surface area contributed by atoms with Gasteiger partial charge in [0.05, 0.1) is 11.6 Å². The molecule has 0 spiro atoms. The maximum Gasteiger partial charge on any atom is 0.139 e. The fraction of sp³-hybridized carbons (Fsp3) is 0.538. The lowest BCUT2D eigenvalue weighted by Crippen LogP contribution is -2.25. The first-order valence-corrected chi connectivity index (χ1v) is 6.67. The minimum Gasteiger partial charge on any atom is -0.492 e. The Bertz CT molecular complexity index is 344. The van der Waals surface area contributed by atoms with E-state index in [1.807, 2.05) is 0 Å². The summed E-state index contributed by atoms with van der Waals surface area (Å²) in [6, 6.07) is 5.25. The highest BCUT2D eigenvalue weighted by molar-refractivity contribution is 6.34. The minimum absolute atomic E-state index is 0.441. The molecule has 0 aliphatic carbocycles. The van der Waals surface area contributed by atoms with E-state index in [1.165, 1.54) is 0 Å². The van der Waals surface area contributed by atoms with Crippen molar-refractivity contribution in [2.45, 2.75) is 20.3 Å². The quantitative estimate of drug-likeness (QED) is 0.760. The zero-order chi connectivity index (χ0) is 12.7. The molecule has 0 aliphatic rings. The van der Waals surface area contributed by atoms with Crippen LogP contribution in [-0.4, -0.2) is 19.7 Å². The molecule has 0 bridgehead atoms. The molecule has 0 radical (unpaired) electrons. The second-order valence-corrected chi connectivity index (χ2v) is 5.04. The Morgan fingerprint density at radius 3 is 2.82 bits per heavy atom. The van der Waals surface area contributed by atoms with Gasteiger partial charge < -0.3 is 10.1 Å². The van der Waals surface area contributed by atoms with E-state index in [2.05, 4.69) is 19.2 Å². The molecule has 0 heterocycles. The lowest BCUT2D eigenvalue weighted by Gasteiger charge is -2.14. The molecule has 0 aliphatic heterocycles. The number of benzene rings is 1. The SMILES string of the molecule is CCCNCC(C)COc1cc(Cl)ccc1Cl. The molecule has 0 aromatic heterocycles. The van der Waals surface area contributed by atoms with Gasteiger partial charge >= 0.3 is 0 Å². The Morgan fingerprint density at radius 2 is 2.12 bits per heavy atom. The van der Waals surface area contributed by atoms with Crippen LogP contribution in [0.25, 0.3) is 0 Å². The van der Waals surface area contributed by atoms with E-state index in [0.29, 0.717) is 28.3 Å². The van der Waals surface area contributed by atoms with E-state index in [0.717, 1.165) is 19.5 Å². The van der Waals surface area contributed by atoms with Crippen LogP contribution in [0.4, 0.5) is 0 Å². The van der Waals surface area contributed by atoms with E-state index < -0.39 is 0 Å². The van der Waals surface area contributed by atoms with Crippen LogP contribution in [0.15, 0.2) is 18.2 Å². The van der Waals surface area contributed by atoms with Gasteiger partial charge in [-0.15, -0.1) is 0 Å². The second kappa shape index (κ2) is 7.80. The van der Waals surface area contributed by atoms with Crippen molar-refractivity contribution < 1.29 is 4.74 Å². The highest BCUT2D eigenvalue weighted by Crippen LogP contribution is 2.27. The molecular formula is C13H19Cl2NO. The average Bonchev–Trinajstić information content (AvgIpc) is 2.31. The van der Waals surface area contributed by atoms with Crippen LogP contribution < -0.4 is 10.1 Å². The number of hydrogen-bond donors (Lipinski definition) is 1. The van der Waals surface area contributed by atoms with Crippen LogP contribution in [0.1, 0.15) is 20.3 Å². The maximum atomic E-state index is 6.01. The summed E-state index contributed by atoms with van der Waals surface area (Å²) in [4.78, 5) is 0. The number of hydrogen-bond acceptors (Lipinski definition) is 2. The predicted octanol–water partition coefficient (Wildman–Crippen LogP) is 4.01. The first-order chi connectivity index (χ1) is 8.13. The Morgan fingerprint density at radius 1 is 1.35 bits per heavy atom. The summed E-state index contributed by atoms with van der Waals surface area (Å²) >= 11 is 11.9. The highest BCUT2D eigenvalue weighted by Gasteiger charge is 2.06. The predicted molar refractivity (Wildman–Crippen MR) is 74.3 cm³/mol. The Labute approximate surface area is 113 Å². The molecule has 0 saturated carbocycles. The van der Waals surface area contributed by atoms with Gasteiger partial charge in [0.25, 0.3) is 0 Å². The van der Waals surface area contributed by atoms with E-state index in [-0.39, 0.29) is 0 Å². The number of rotatable bonds is 7. The number of nitrogens with one attached hydrogen (secondary N) is 1. The van der Waals surface area contributed by atoms with Gasteiger partial charge in [-0.3, -0.25) is 0 Å². The maximum absolute atomic E-state index is 6.01. The van der Waals surface area contributed by atoms with Gasteiger partial charge in [0, 0.05) is 23.6 Å². The summed E-state index contributed by atoms with van der Waals surface area (Å²) in [5.41, 5.74) is 0. The molecular weight excluding hydrogens is 257 g/mol. The zero-order valence-electron chi connectivity index (χ0n) is 10.3. The second-order valence-electron chi connectivity index (χ2n) is 4.20. The smallest absolute Gasteiger partial charge is 0.139 e. The van der Waals surface area contributed by atoms with Crippen LogP contribution in [-0.2, 0) is 0 Å².